The molecule has 2 N–H and O–H groups in total. The molecule has 0 aliphatic rings. The van der Waals surface area contributed by atoms with Crippen LogP contribution in [0.1, 0.15) is 18.9 Å². The Hall–Kier alpha value is -0.0300. The van der Waals surface area contributed by atoms with Crippen LogP contribution in [0, 0.1) is 0 Å². The Balaban J connectivity index is 2.85. The van der Waals surface area contributed by atoms with Crippen LogP contribution < -0.4 is 0 Å². The topological polar surface area (TPSA) is 40.5 Å². The normalized spacial score (nSPS) is 11.8. The minimum atomic E-state index is -0.511. The van der Waals surface area contributed by atoms with Gasteiger partial charge in [0.15, 0.2) is 0 Å². The molecule has 1 aromatic rings. The highest BCUT2D eigenvalue weighted by Gasteiger charge is 2.30. The van der Waals surface area contributed by atoms with E-state index in [1.54, 1.807) is 0 Å². The van der Waals surface area contributed by atoms with Gasteiger partial charge in [0, 0.05) is 9.89 Å². The number of aliphatic hydroxyl groups is 2. The van der Waals surface area contributed by atoms with Crippen molar-refractivity contribution in [2.24, 2.45) is 0 Å². The van der Waals surface area contributed by atoms with Gasteiger partial charge >= 0.3 is 0 Å². The van der Waals surface area contributed by atoms with Gasteiger partial charge in [-0.25, -0.2) is 0 Å². The lowest BCUT2D eigenvalue weighted by atomic mass is 9.79. The van der Waals surface area contributed by atoms with Gasteiger partial charge in [0.1, 0.15) is 0 Å². The second-order valence-electron chi connectivity index (χ2n) is 4.05. The summed E-state index contributed by atoms with van der Waals surface area (Å²) in [6.07, 6.45) is 0.792. The van der Waals surface area contributed by atoms with Crippen molar-refractivity contribution in [2.45, 2.75) is 18.8 Å². The molecule has 0 fully saturated rings. The van der Waals surface area contributed by atoms with Crippen LogP contribution in [0.15, 0.2) is 28.7 Å². The summed E-state index contributed by atoms with van der Waals surface area (Å²) < 4.78 is 1.01. The van der Waals surface area contributed by atoms with Crippen molar-refractivity contribution in [2.75, 3.05) is 24.7 Å². The molecule has 2 nitrogen and oxygen atoms in total. The lowest BCUT2D eigenvalue weighted by Crippen LogP contribution is -2.35. The molecule has 4 heteroatoms. The minimum absolute atomic E-state index is 0.0184. The average Bonchev–Trinajstić information content (AvgIpc) is 2.37. The van der Waals surface area contributed by atoms with Gasteiger partial charge in [-0.15, -0.1) is 0 Å². The summed E-state index contributed by atoms with van der Waals surface area (Å²) in [5, 5.41) is 19.2. The lowest BCUT2D eigenvalue weighted by Gasteiger charge is -2.30. The number of hydrogen-bond donors (Lipinski definition) is 2. The van der Waals surface area contributed by atoms with Gasteiger partial charge < -0.3 is 10.2 Å². The highest BCUT2D eigenvalue weighted by molar-refractivity contribution is 9.10. The Morgan fingerprint density at radius 1 is 1.18 bits per heavy atom. The molecule has 0 unspecified atom stereocenters. The Labute approximate surface area is 116 Å². The maximum atomic E-state index is 9.62. The van der Waals surface area contributed by atoms with Gasteiger partial charge in [-0.2, -0.15) is 11.8 Å². The molecule has 96 valence electrons. The van der Waals surface area contributed by atoms with Crippen LogP contribution in [-0.4, -0.2) is 34.9 Å². The fourth-order valence-corrected chi connectivity index (χ4v) is 2.84. The SMILES string of the molecule is CCSCCC(CO)(CO)c1ccc(Br)cc1. The van der Waals surface area contributed by atoms with E-state index in [9.17, 15) is 10.2 Å². The molecule has 1 aromatic carbocycles. The Morgan fingerprint density at radius 3 is 2.24 bits per heavy atom. The number of benzene rings is 1. The summed E-state index contributed by atoms with van der Waals surface area (Å²) in [4.78, 5) is 0. The molecule has 0 saturated heterocycles. The first-order chi connectivity index (χ1) is 8.18. The molecular weight excluding hydrogens is 300 g/mol. The van der Waals surface area contributed by atoms with E-state index >= 15 is 0 Å². The third-order valence-electron chi connectivity index (χ3n) is 2.99. The molecule has 17 heavy (non-hydrogen) atoms. The van der Waals surface area contributed by atoms with Crippen molar-refractivity contribution in [1.82, 2.24) is 0 Å². The van der Waals surface area contributed by atoms with E-state index < -0.39 is 5.41 Å². The third-order valence-corrected chi connectivity index (χ3v) is 4.42. The van der Waals surface area contributed by atoms with E-state index in [1.165, 1.54) is 0 Å². The molecule has 0 aliphatic carbocycles. The number of thioether (sulfide) groups is 1. The van der Waals surface area contributed by atoms with E-state index in [1.807, 2.05) is 36.0 Å². The molecule has 0 bridgehead atoms. The third kappa shape index (κ3) is 3.98. The fraction of sp³-hybridized carbons (Fsp3) is 0.538. The van der Waals surface area contributed by atoms with Crippen molar-refractivity contribution in [3.05, 3.63) is 34.3 Å². The largest absolute Gasteiger partial charge is 0.395 e. The van der Waals surface area contributed by atoms with E-state index in [2.05, 4.69) is 22.9 Å². The number of rotatable bonds is 7. The number of aliphatic hydroxyl groups excluding tert-OH is 2. The van der Waals surface area contributed by atoms with Crippen LogP contribution in [0.3, 0.4) is 0 Å². The van der Waals surface area contributed by atoms with Gasteiger partial charge in [0.25, 0.3) is 0 Å². The standard InChI is InChI=1S/C13H19BrO2S/c1-2-17-8-7-13(9-15,10-16)11-3-5-12(14)6-4-11/h3-6,15-16H,2,7-10H2,1H3. The molecule has 0 spiro atoms. The molecule has 0 heterocycles. The quantitative estimate of drug-likeness (QED) is 0.759. The van der Waals surface area contributed by atoms with E-state index in [-0.39, 0.29) is 13.2 Å². The van der Waals surface area contributed by atoms with Gasteiger partial charge in [-0.3, -0.25) is 0 Å². The summed E-state index contributed by atoms with van der Waals surface area (Å²) in [5.41, 5.74) is 0.491. The number of hydrogen-bond acceptors (Lipinski definition) is 3. The summed E-state index contributed by atoms with van der Waals surface area (Å²) >= 11 is 5.22. The first-order valence-electron chi connectivity index (χ1n) is 5.74. The lowest BCUT2D eigenvalue weighted by molar-refractivity contribution is 0.114. The zero-order valence-corrected chi connectivity index (χ0v) is 12.4. The highest BCUT2D eigenvalue weighted by atomic mass is 79.9. The highest BCUT2D eigenvalue weighted by Crippen LogP contribution is 2.29. The second-order valence-corrected chi connectivity index (χ2v) is 6.36. The van der Waals surface area contributed by atoms with Gasteiger partial charge in [-0.05, 0) is 35.6 Å². The van der Waals surface area contributed by atoms with Crippen LogP contribution in [0.25, 0.3) is 0 Å². The zero-order chi connectivity index (χ0) is 12.7. The van der Waals surface area contributed by atoms with E-state index in [4.69, 9.17) is 0 Å². The summed E-state index contributed by atoms with van der Waals surface area (Å²) in [5.74, 6) is 2.01. The molecule has 0 amide bonds. The average molecular weight is 319 g/mol. The zero-order valence-electron chi connectivity index (χ0n) is 10.0. The molecule has 0 aliphatic heterocycles. The van der Waals surface area contributed by atoms with Crippen LogP contribution in [-0.2, 0) is 5.41 Å². The molecule has 0 aromatic heterocycles. The predicted molar refractivity (Wildman–Crippen MR) is 77.6 cm³/mol. The van der Waals surface area contributed by atoms with Crippen molar-refractivity contribution in [3.63, 3.8) is 0 Å². The summed E-state index contributed by atoms with van der Waals surface area (Å²) in [6.45, 7) is 2.08. The van der Waals surface area contributed by atoms with Gasteiger partial charge in [0.2, 0.25) is 0 Å². The van der Waals surface area contributed by atoms with E-state index in [0.29, 0.717) is 0 Å². The molecular formula is C13H19BrO2S. The first-order valence-corrected chi connectivity index (χ1v) is 7.69. The van der Waals surface area contributed by atoms with Gasteiger partial charge in [-0.1, -0.05) is 35.0 Å². The number of halogens is 1. The van der Waals surface area contributed by atoms with Crippen LogP contribution >= 0.6 is 27.7 Å². The molecule has 0 atom stereocenters. The monoisotopic (exact) mass is 318 g/mol. The fourth-order valence-electron chi connectivity index (χ4n) is 1.75. The van der Waals surface area contributed by atoms with Crippen molar-refractivity contribution < 1.29 is 10.2 Å². The Bertz CT molecular complexity index is 323. The van der Waals surface area contributed by atoms with Gasteiger partial charge in [0.05, 0.1) is 13.2 Å². The molecule has 0 saturated carbocycles. The Kier molecular flexibility index (Phi) is 6.55. The first kappa shape index (κ1) is 15.0. The molecule has 1 rings (SSSR count). The van der Waals surface area contributed by atoms with Crippen molar-refractivity contribution in [1.29, 1.82) is 0 Å². The summed E-state index contributed by atoms with van der Waals surface area (Å²) in [6, 6.07) is 7.82. The smallest absolute Gasteiger partial charge is 0.0550 e. The van der Waals surface area contributed by atoms with Crippen molar-refractivity contribution in [3.8, 4) is 0 Å². The molecule has 0 radical (unpaired) electrons. The predicted octanol–water partition coefficient (Wildman–Crippen LogP) is 2.81. The van der Waals surface area contributed by atoms with Crippen LogP contribution in [0.2, 0.25) is 0 Å². The minimum Gasteiger partial charge on any atom is -0.395 e. The summed E-state index contributed by atoms with van der Waals surface area (Å²) in [7, 11) is 0. The maximum absolute atomic E-state index is 9.62. The van der Waals surface area contributed by atoms with E-state index in [0.717, 1.165) is 28.0 Å². The Morgan fingerprint density at radius 2 is 1.76 bits per heavy atom. The van der Waals surface area contributed by atoms with Crippen LogP contribution in [0.4, 0.5) is 0 Å². The van der Waals surface area contributed by atoms with Crippen molar-refractivity contribution >= 4 is 27.7 Å². The second kappa shape index (κ2) is 7.41. The maximum Gasteiger partial charge on any atom is 0.0550 e. The van der Waals surface area contributed by atoms with Crippen LogP contribution in [0.5, 0.6) is 0 Å².